The number of H-pyrrole nitrogens is 1. The number of fused-ring (bicyclic) bond motifs is 1. The molecule has 2 aromatic heterocycles. The van der Waals surface area contributed by atoms with Crippen molar-refractivity contribution in [3.05, 3.63) is 64.5 Å². The first-order chi connectivity index (χ1) is 12.5. The molecule has 1 atom stereocenters. The Morgan fingerprint density at radius 3 is 2.65 bits per heavy atom. The number of likely N-dealkylation sites (N-methyl/N-ethyl adjacent to an activating group) is 1. The van der Waals surface area contributed by atoms with E-state index in [0.29, 0.717) is 19.4 Å². The highest BCUT2D eigenvalue weighted by Crippen LogP contribution is 2.27. The Hall–Kier alpha value is -2.96. The fourth-order valence-electron chi connectivity index (χ4n) is 3.61. The van der Waals surface area contributed by atoms with Crippen molar-refractivity contribution in [2.24, 2.45) is 0 Å². The Bertz CT molecular complexity index is 923. The zero-order chi connectivity index (χ0) is 18.3. The van der Waals surface area contributed by atoms with Crippen LogP contribution in [0.2, 0.25) is 0 Å². The normalized spacial score (nSPS) is 16.8. The molecule has 0 saturated heterocycles. The number of nitrogens with zero attached hydrogens (tertiary/aromatic N) is 5. The first kappa shape index (κ1) is 16.5. The van der Waals surface area contributed by atoms with E-state index in [0.717, 1.165) is 34.2 Å². The molecule has 0 aliphatic carbocycles. The first-order valence-electron chi connectivity index (χ1n) is 8.76. The quantitative estimate of drug-likeness (QED) is 0.780. The summed E-state index contributed by atoms with van der Waals surface area (Å²) in [5, 5.41) is 16.0. The maximum atomic E-state index is 12.9. The van der Waals surface area contributed by atoms with Crippen molar-refractivity contribution in [2.75, 3.05) is 7.05 Å². The van der Waals surface area contributed by atoms with Crippen LogP contribution >= 0.6 is 0 Å². The molecule has 1 N–H and O–H groups in total. The van der Waals surface area contributed by atoms with Gasteiger partial charge in [0.1, 0.15) is 11.9 Å². The van der Waals surface area contributed by atoms with Crippen molar-refractivity contribution in [2.45, 2.75) is 39.3 Å². The molecular formula is C19H22N6O. The third kappa shape index (κ3) is 2.79. The van der Waals surface area contributed by atoms with Gasteiger partial charge in [0.2, 0.25) is 5.91 Å². The van der Waals surface area contributed by atoms with Crippen LogP contribution < -0.4 is 0 Å². The molecule has 0 fully saturated rings. The first-order valence-corrected chi connectivity index (χ1v) is 8.76. The smallest absolute Gasteiger partial charge is 0.246 e. The van der Waals surface area contributed by atoms with Gasteiger partial charge in [-0.05, 0) is 19.4 Å². The molecule has 1 aromatic carbocycles. The second kappa shape index (κ2) is 6.40. The van der Waals surface area contributed by atoms with Crippen LogP contribution in [-0.4, -0.2) is 42.8 Å². The van der Waals surface area contributed by atoms with Crippen LogP contribution in [0.25, 0.3) is 0 Å². The minimum atomic E-state index is -0.316. The number of amides is 1. The van der Waals surface area contributed by atoms with Crippen LogP contribution in [0.3, 0.4) is 0 Å². The highest BCUT2D eigenvalue weighted by Gasteiger charge is 2.34. The van der Waals surface area contributed by atoms with E-state index in [1.54, 1.807) is 4.90 Å². The zero-order valence-electron chi connectivity index (χ0n) is 15.2. The van der Waals surface area contributed by atoms with Gasteiger partial charge >= 0.3 is 0 Å². The number of nitrogens with one attached hydrogen (secondary N) is 1. The molecule has 0 unspecified atom stereocenters. The zero-order valence-corrected chi connectivity index (χ0v) is 15.2. The van der Waals surface area contributed by atoms with E-state index in [9.17, 15) is 4.79 Å². The Kier molecular flexibility index (Phi) is 4.06. The van der Waals surface area contributed by atoms with Gasteiger partial charge in [-0.3, -0.25) is 9.89 Å². The topological polar surface area (TPSA) is 79.7 Å². The SMILES string of the molecule is Cc1n[nH]c(C)c1Cc1nnc2n1[C@H](Cc1ccccc1)C(=O)N(C)C2. The fraction of sp³-hybridized carbons (Fsp3) is 0.368. The summed E-state index contributed by atoms with van der Waals surface area (Å²) in [6.07, 6.45) is 1.24. The van der Waals surface area contributed by atoms with E-state index in [2.05, 4.69) is 32.5 Å². The number of aromatic amines is 1. The fourth-order valence-corrected chi connectivity index (χ4v) is 3.61. The third-order valence-electron chi connectivity index (χ3n) is 5.08. The standard InChI is InChI=1S/C19H22N6O/c1-12-15(13(2)21-20-12)10-17-22-23-18-11-24(3)19(26)16(25(17)18)9-14-7-5-4-6-8-14/h4-8,16H,9-11H2,1-3H3,(H,20,21)/t16-/m1/s1. The van der Waals surface area contributed by atoms with Gasteiger partial charge in [0, 0.05) is 31.1 Å². The Morgan fingerprint density at radius 2 is 1.96 bits per heavy atom. The minimum Gasteiger partial charge on any atom is -0.336 e. The largest absolute Gasteiger partial charge is 0.336 e. The van der Waals surface area contributed by atoms with Crippen LogP contribution in [0.15, 0.2) is 30.3 Å². The lowest BCUT2D eigenvalue weighted by atomic mass is 10.0. The molecule has 1 amide bonds. The summed E-state index contributed by atoms with van der Waals surface area (Å²) < 4.78 is 2.03. The summed E-state index contributed by atoms with van der Waals surface area (Å²) in [7, 11) is 1.82. The molecule has 134 valence electrons. The average Bonchev–Trinajstić information content (AvgIpc) is 3.18. The predicted molar refractivity (Wildman–Crippen MR) is 96.5 cm³/mol. The molecule has 3 aromatic rings. The molecule has 26 heavy (non-hydrogen) atoms. The van der Waals surface area contributed by atoms with Gasteiger partial charge in [0.25, 0.3) is 0 Å². The van der Waals surface area contributed by atoms with Gasteiger partial charge in [-0.1, -0.05) is 30.3 Å². The van der Waals surface area contributed by atoms with Crippen LogP contribution in [0.1, 0.15) is 40.2 Å². The van der Waals surface area contributed by atoms with Gasteiger partial charge in [0.05, 0.1) is 12.2 Å². The highest BCUT2D eigenvalue weighted by atomic mass is 16.2. The second-order valence-electron chi connectivity index (χ2n) is 6.89. The van der Waals surface area contributed by atoms with E-state index in [-0.39, 0.29) is 11.9 Å². The van der Waals surface area contributed by atoms with E-state index in [1.165, 1.54) is 0 Å². The Morgan fingerprint density at radius 1 is 1.19 bits per heavy atom. The number of hydrogen-bond acceptors (Lipinski definition) is 4. The van der Waals surface area contributed by atoms with Crippen LogP contribution in [-0.2, 0) is 24.2 Å². The van der Waals surface area contributed by atoms with Crippen molar-refractivity contribution < 1.29 is 4.79 Å². The van der Waals surface area contributed by atoms with Gasteiger partial charge in [-0.15, -0.1) is 10.2 Å². The van der Waals surface area contributed by atoms with Crippen LogP contribution in [0.5, 0.6) is 0 Å². The molecule has 0 spiro atoms. The monoisotopic (exact) mass is 350 g/mol. The molecule has 0 saturated carbocycles. The summed E-state index contributed by atoms with van der Waals surface area (Å²) in [5.74, 6) is 1.75. The van der Waals surface area contributed by atoms with Crippen molar-refractivity contribution in [3.63, 3.8) is 0 Å². The molecule has 1 aliphatic rings. The maximum Gasteiger partial charge on any atom is 0.246 e. The highest BCUT2D eigenvalue weighted by molar-refractivity contribution is 5.81. The number of rotatable bonds is 4. The van der Waals surface area contributed by atoms with Gasteiger partial charge in [-0.2, -0.15) is 5.10 Å². The molecule has 7 heteroatoms. The molecule has 7 nitrogen and oxygen atoms in total. The van der Waals surface area contributed by atoms with Crippen LogP contribution in [0.4, 0.5) is 0 Å². The summed E-state index contributed by atoms with van der Waals surface area (Å²) >= 11 is 0. The number of aryl methyl sites for hydroxylation is 2. The molecule has 0 radical (unpaired) electrons. The third-order valence-corrected chi connectivity index (χ3v) is 5.08. The lowest BCUT2D eigenvalue weighted by molar-refractivity contribution is -0.136. The lowest BCUT2D eigenvalue weighted by Crippen LogP contribution is -2.42. The van der Waals surface area contributed by atoms with E-state index >= 15 is 0 Å². The summed E-state index contributed by atoms with van der Waals surface area (Å²) in [4.78, 5) is 14.6. The number of aromatic nitrogens is 5. The van der Waals surface area contributed by atoms with Crippen molar-refractivity contribution in [1.82, 2.24) is 29.9 Å². The second-order valence-corrected chi connectivity index (χ2v) is 6.89. The van der Waals surface area contributed by atoms with E-state index in [4.69, 9.17) is 0 Å². The van der Waals surface area contributed by atoms with Crippen molar-refractivity contribution in [1.29, 1.82) is 0 Å². The van der Waals surface area contributed by atoms with E-state index in [1.807, 2.05) is 43.7 Å². The van der Waals surface area contributed by atoms with E-state index < -0.39 is 0 Å². The summed E-state index contributed by atoms with van der Waals surface area (Å²) in [6.45, 7) is 4.47. The number of carbonyl (C=O) groups excluding carboxylic acids is 1. The number of carbonyl (C=O) groups is 1. The molecule has 0 bridgehead atoms. The maximum absolute atomic E-state index is 12.9. The molecule has 4 rings (SSSR count). The van der Waals surface area contributed by atoms with Crippen molar-refractivity contribution in [3.8, 4) is 0 Å². The average molecular weight is 350 g/mol. The summed E-state index contributed by atoms with van der Waals surface area (Å²) in [5.41, 5.74) is 4.23. The number of hydrogen-bond donors (Lipinski definition) is 1. The van der Waals surface area contributed by atoms with Gasteiger partial charge in [0.15, 0.2) is 5.82 Å². The summed E-state index contributed by atoms with van der Waals surface area (Å²) in [6, 6.07) is 9.77. The van der Waals surface area contributed by atoms with Gasteiger partial charge in [-0.25, -0.2) is 0 Å². The number of benzene rings is 1. The van der Waals surface area contributed by atoms with Crippen molar-refractivity contribution >= 4 is 5.91 Å². The predicted octanol–water partition coefficient (Wildman–Crippen LogP) is 1.96. The minimum absolute atomic E-state index is 0.100. The molecule has 1 aliphatic heterocycles. The Balaban J connectivity index is 1.73. The van der Waals surface area contributed by atoms with Crippen LogP contribution in [0, 0.1) is 13.8 Å². The van der Waals surface area contributed by atoms with Gasteiger partial charge < -0.3 is 9.47 Å². The molecular weight excluding hydrogens is 328 g/mol. The lowest BCUT2D eigenvalue weighted by Gasteiger charge is -2.31. The Labute approximate surface area is 152 Å². The molecule has 3 heterocycles.